The fourth-order valence-corrected chi connectivity index (χ4v) is 3.09. The van der Waals surface area contributed by atoms with Crippen LogP contribution in [0.2, 0.25) is 0 Å². The summed E-state index contributed by atoms with van der Waals surface area (Å²) >= 11 is 0. The molecule has 0 radical (unpaired) electrons. The first-order chi connectivity index (χ1) is 8.92. The van der Waals surface area contributed by atoms with E-state index in [2.05, 4.69) is 27.4 Å². The predicted octanol–water partition coefficient (Wildman–Crippen LogP) is 2.49. The van der Waals surface area contributed by atoms with Crippen molar-refractivity contribution in [2.75, 3.05) is 13.1 Å². The summed E-state index contributed by atoms with van der Waals surface area (Å²) in [5.74, 6) is 0. The van der Waals surface area contributed by atoms with Crippen molar-refractivity contribution in [3.05, 3.63) is 18.0 Å². The molecule has 2 aliphatic rings. The van der Waals surface area contributed by atoms with Gasteiger partial charge in [-0.05, 0) is 31.7 Å². The van der Waals surface area contributed by atoms with Crippen molar-refractivity contribution >= 4 is 0 Å². The molecule has 1 saturated heterocycles. The van der Waals surface area contributed by atoms with Crippen molar-refractivity contribution in [3.8, 4) is 0 Å². The molecule has 1 aromatic rings. The predicted molar refractivity (Wildman–Crippen MR) is 72.0 cm³/mol. The zero-order valence-electron chi connectivity index (χ0n) is 11.1. The maximum absolute atomic E-state index is 4.70. The van der Waals surface area contributed by atoms with Crippen molar-refractivity contribution in [1.82, 2.24) is 20.2 Å². The van der Waals surface area contributed by atoms with Gasteiger partial charge in [0, 0.05) is 19.3 Å². The SMILES string of the molecule is c1cn(C2CCCC2)nc1CNN1CCCCC1. The summed E-state index contributed by atoms with van der Waals surface area (Å²) in [6, 6.07) is 2.82. The Bertz CT molecular complexity index is 362. The Kier molecular flexibility index (Phi) is 3.96. The highest BCUT2D eigenvalue weighted by molar-refractivity contribution is 4.99. The van der Waals surface area contributed by atoms with E-state index in [9.17, 15) is 0 Å². The van der Waals surface area contributed by atoms with Gasteiger partial charge in [-0.25, -0.2) is 10.4 Å². The van der Waals surface area contributed by atoms with Gasteiger partial charge in [-0.15, -0.1) is 0 Å². The number of nitrogens with one attached hydrogen (secondary N) is 1. The largest absolute Gasteiger partial charge is 0.269 e. The third kappa shape index (κ3) is 2.93. The van der Waals surface area contributed by atoms with E-state index in [1.807, 2.05) is 0 Å². The molecule has 2 fully saturated rings. The van der Waals surface area contributed by atoms with Gasteiger partial charge in [0.05, 0.1) is 18.3 Å². The summed E-state index contributed by atoms with van der Waals surface area (Å²) in [4.78, 5) is 0. The number of aromatic nitrogens is 2. The van der Waals surface area contributed by atoms with Crippen LogP contribution in [0.15, 0.2) is 12.3 Å². The molecule has 1 aliphatic heterocycles. The highest BCUT2D eigenvalue weighted by Crippen LogP contribution is 2.28. The van der Waals surface area contributed by atoms with Crippen LogP contribution in [0.25, 0.3) is 0 Å². The Labute approximate surface area is 109 Å². The molecule has 1 N–H and O–H groups in total. The Morgan fingerprint density at radius 3 is 2.67 bits per heavy atom. The second-order valence-electron chi connectivity index (χ2n) is 5.61. The zero-order valence-corrected chi connectivity index (χ0v) is 11.1. The van der Waals surface area contributed by atoms with E-state index in [0.717, 1.165) is 6.54 Å². The molecule has 4 heteroatoms. The van der Waals surface area contributed by atoms with Crippen LogP contribution in [0.5, 0.6) is 0 Å². The van der Waals surface area contributed by atoms with Crippen LogP contribution >= 0.6 is 0 Å². The van der Waals surface area contributed by atoms with E-state index >= 15 is 0 Å². The zero-order chi connectivity index (χ0) is 12.2. The number of rotatable bonds is 4. The minimum Gasteiger partial charge on any atom is -0.269 e. The van der Waals surface area contributed by atoms with Crippen molar-refractivity contribution in [2.45, 2.75) is 57.5 Å². The van der Waals surface area contributed by atoms with Gasteiger partial charge in [0.15, 0.2) is 0 Å². The number of nitrogens with zero attached hydrogens (tertiary/aromatic N) is 3. The lowest BCUT2D eigenvalue weighted by molar-refractivity contribution is 0.150. The smallest absolute Gasteiger partial charge is 0.0776 e. The fourth-order valence-electron chi connectivity index (χ4n) is 3.09. The Balaban J connectivity index is 1.50. The molecular weight excluding hydrogens is 224 g/mol. The van der Waals surface area contributed by atoms with Gasteiger partial charge < -0.3 is 0 Å². The van der Waals surface area contributed by atoms with Crippen molar-refractivity contribution < 1.29 is 0 Å². The van der Waals surface area contributed by atoms with E-state index in [4.69, 9.17) is 5.10 Å². The molecule has 0 spiro atoms. The van der Waals surface area contributed by atoms with Crippen LogP contribution in [-0.2, 0) is 6.54 Å². The van der Waals surface area contributed by atoms with Crippen molar-refractivity contribution in [2.24, 2.45) is 0 Å². The lowest BCUT2D eigenvalue weighted by atomic mass is 10.2. The minimum absolute atomic E-state index is 0.661. The van der Waals surface area contributed by atoms with Gasteiger partial charge in [0.2, 0.25) is 0 Å². The van der Waals surface area contributed by atoms with Crippen LogP contribution in [0.1, 0.15) is 56.7 Å². The standard InChI is InChI=1S/C14H24N4/c1-4-9-17(10-5-1)15-12-13-8-11-18(16-13)14-6-2-3-7-14/h8,11,14-15H,1-7,9-10,12H2. The van der Waals surface area contributed by atoms with E-state index in [-0.39, 0.29) is 0 Å². The lowest BCUT2D eigenvalue weighted by Gasteiger charge is -2.26. The van der Waals surface area contributed by atoms with Gasteiger partial charge in [-0.2, -0.15) is 5.10 Å². The molecule has 3 rings (SSSR count). The second kappa shape index (κ2) is 5.85. The molecule has 0 bridgehead atoms. The summed E-state index contributed by atoms with van der Waals surface area (Å²) in [7, 11) is 0. The Morgan fingerprint density at radius 1 is 1.11 bits per heavy atom. The third-order valence-corrected chi connectivity index (χ3v) is 4.20. The highest BCUT2D eigenvalue weighted by Gasteiger charge is 2.17. The van der Waals surface area contributed by atoms with Gasteiger partial charge in [0.25, 0.3) is 0 Å². The summed E-state index contributed by atoms with van der Waals surface area (Å²) in [6.45, 7) is 3.24. The van der Waals surface area contributed by atoms with Crippen molar-refractivity contribution in [1.29, 1.82) is 0 Å². The van der Waals surface area contributed by atoms with E-state index < -0.39 is 0 Å². The Morgan fingerprint density at radius 2 is 1.89 bits per heavy atom. The normalized spacial score (nSPS) is 22.7. The van der Waals surface area contributed by atoms with Crippen LogP contribution < -0.4 is 5.43 Å². The van der Waals surface area contributed by atoms with Gasteiger partial charge in [0.1, 0.15) is 0 Å². The molecule has 1 saturated carbocycles. The van der Waals surface area contributed by atoms with Crippen LogP contribution in [0.3, 0.4) is 0 Å². The highest BCUT2D eigenvalue weighted by atomic mass is 15.5. The van der Waals surface area contributed by atoms with Gasteiger partial charge >= 0.3 is 0 Å². The first-order valence-corrected chi connectivity index (χ1v) is 7.44. The second-order valence-corrected chi connectivity index (χ2v) is 5.61. The molecule has 0 aromatic carbocycles. The lowest BCUT2D eigenvalue weighted by Crippen LogP contribution is -2.41. The first-order valence-electron chi connectivity index (χ1n) is 7.44. The van der Waals surface area contributed by atoms with Crippen LogP contribution in [0.4, 0.5) is 0 Å². The van der Waals surface area contributed by atoms with E-state index in [0.29, 0.717) is 6.04 Å². The molecule has 0 atom stereocenters. The number of hydrazine groups is 1. The third-order valence-electron chi connectivity index (χ3n) is 4.20. The molecule has 1 aromatic heterocycles. The molecule has 18 heavy (non-hydrogen) atoms. The quantitative estimate of drug-likeness (QED) is 0.888. The molecule has 1 aliphatic carbocycles. The van der Waals surface area contributed by atoms with Crippen molar-refractivity contribution in [3.63, 3.8) is 0 Å². The number of piperidine rings is 1. The van der Waals surface area contributed by atoms with Gasteiger partial charge in [-0.3, -0.25) is 4.68 Å². The summed E-state index contributed by atoms with van der Waals surface area (Å²) in [6.07, 6.45) is 11.5. The van der Waals surface area contributed by atoms with E-state index in [1.54, 1.807) is 0 Å². The summed E-state index contributed by atoms with van der Waals surface area (Å²) < 4.78 is 2.18. The topological polar surface area (TPSA) is 33.1 Å². The molecule has 100 valence electrons. The van der Waals surface area contributed by atoms with Crippen LogP contribution in [-0.4, -0.2) is 27.9 Å². The maximum Gasteiger partial charge on any atom is 0.0776 e. The first kappa shape index (κ1) is 12.2. The average Bonchev–Trinajstić information content (AvgIpc) is 3.08. The molecule has 0 unspecified atom stereocenters. The Hall–Kier alpha value is -0.870. The minimum atomic E-state index is 0.661. The number of hydrogen-bond donors (Lipinski definition) is 1. The van der Waals surface area contributed by atoms with Crippen LogP contribution in [0, 0.1) is 0 Å². The fraction of sp³-hybridized carbons (Fsp3) is 0.786. The van der Waals surface area contributed by atoms with Gasteiger partial charge in [-0.1, -0.05) is 19.3 Å². The molecular formula is C14H24N4. The van der Waals surface area contributed by atoms with E-state index in [1.165, 1.54) is 63.7 Å². The summed E-state index contributed by atoms with van der Waals surface area (Å²) in [5.41, 5.74) is 4.67. The molecule has 2 heterocycles. The molecule has 4 nitrogen and oxygen atoms in total. The maximum atomic E-state index is 4.70. The average molecular weight is 248 g/mol. The molecule has 0 amide bonds. The number of hydrogen-bond acceptors (Lipinski definition) is 3. The summed E-state index contributed by atoms with van der Waals surface area (Å²) in [5, 5.41) is 7.05. The monoisotopic (exact) mass is 248 g/mol.